The van der Waals surface area contributed by atoms with Crippen LogP contribution in [0.2, 0.25) is 10.0 Å². The van der Waals surface area contributed by atoms with Crippen LogP contribution in [0.15, 0.2) is 77.8 Å². The number of hydrazine groups is 1. The van der Waals surface area contributed by atoms with E-state index >= 15 is 0 Å². The van der Waals surface area contributed by atoms with Crippen LogP contribution in [-0.2, 0) is 16.0 Å². The molecular weight excluding hydrogens is 513 g/mol. The van der Waals surface area contributed by atoms with E-state index in [-0.39, 0.29) is 18.9 Å². The van der Waals surface area contributed by atoms with E-state index in [9.17, 15) is 4.79 Å². The molecule has 2 N–H and O–H groups in total. The summed E-state index contributed by atoms with van der Waals surface area (Å²) in [4.78, 5) is 18.8. The quantitative estimate of drug-likeness (QED) is 0.283. The Morgan fingerprint density at radius 1 is 1.11 bits per heavy atom. The van der Waals surface area contributed by atoms with E-state index in [1.54, 1.807) is 49.4 Å². The molecule has 0 saturated heterocycles. The summed E-state index contributed by atoms with van der Waals surface area (Å²) in [7, 11) is 3.49. The number of rotatable bonds is 10. The topological polar surface area (TPSA) is 83.4 Å². The Kier molecular flexibility index (Phi) is 8.71. The van der Waals surface area contributed by atoms with Crippen molar-refractivity contribution >= 4 is 35.0 Å². The number of nitrogens with one attached hydrogen (secondary N) is 1. The number of hydrogen-bond acceptors (Lipinski definition) is 6. The van der Waals surface area contributed by atoms with E-state index in [4.69, 9.17) is 42.8 Å². The summed E-state index contributed by atoms with van der Waals surface area (Å²) in [6, 6.07) is 22.1. The molecule has 3 aromatic carbocycles. The van der Waals surface area contributed by atoms with Crippen molar-refractivity contribution in [2.24, 2.45) is 4.99 Å². The number of halogens is 2. The molecule has 1 aliphatic rings. The van der Waals surface area contributed by atoms with Crippen molar-refractivity contribution in [1.82, 2.24) is 10.4 Å². The molecular formula is C28H29Cl2N3O4. The predicted octanol–water partition coefficient (Wildman–Crippen LogP) is 4.85. The van der Waals surface area contributed by atoms with Gasteiger partial charge in [0.15, 0.2) is 11.6 Å². The molecule has 1 amide bonds. The second kappa shape index (κ2) is 12.0. The maximum absolute atomic E-state index is 13.9. The normalized spacial score (nSPS) is 18.9. The van der Waals surface area contributed by atoms with E-state index in [0.29, 0.717) is 45.8 Å². The van der Waals surface area contributed by atoms with E-state index in [1.165, 1.54) is 0 Å². The molecule has 7 nitrogen and oxygen atoms in total. The Morgan fingerprint density at radius 3 is 2.49 bits per heavy atom. The van der Waals surface area contributed by atoms with Crippen molar-refractivity contribution in [2.75, 3.05) is 27.3 Å². The standard InChI is InChI=1S/C28H29Cl2N3O4/c1-33(2)32-27(35)28(18-19-7-4-3-5-8-19)25(23-14-11-21(29)17-24(23)30)37-26(31-28)20-9-12-22(13-10-20)36-16-6-15-34/h3-5,7-14,17,25,34H,6,15-16,18H2,1-2H3,(H,32,35)/t25-,28-/m0/s1. The monoisotopic (exact) mass is 541 g/mol. The van der Waals surface area contributed by atoms with Gasteiger partial charge in [0.2, 0.25) is 5.90 Å². The number of aliphatic imine (C=N–C) groups is 1. The van der Waals surface area contributed by atoms with Crippen LogP contribution in [0.1, 0.15) is 29.2 Å². The first-order chi connectivity index (χ1) is 17.8. The zero-order valence-electron chi connectivity index (χ0n) is 20.7. The van der Waals surface area contributed by atoms with Gasteiger partial charge in [-0.05, 0) is 42.0 Å². The van der Waals surface area contributed by atoms with Crippen molar-refractivity contribution in [3.63, 3.8) is 0 Å². The third-order valence-electron chi connectivity index (χ3n) is 5.92. The first kappa shape index (κ1) is 26.9. The molecule has 37 heavy (non-hydrogen) atoms. The van der Waals surface area contributed by atoms with Crippen molar-refractivity contribution in [1.29, 1.82) is 0 Å². The van der Waals surface area contributed by atoms with Crippen LogP contribution in [0.4, 0.5) is 0 Å². The van der Waals surface area contributed by atoms with Crippen molar-refractivity contribution in [2.45, 2.75) is 24.5 Å². The van der Waals surface area contributed by atoms with Gasteiger partial charge in [0, 0.05) is 54.7 Å². The van der Waals surface area contributed by atoms with Crippen LogP contribution in [0, 0.1) is 0 Å². The Labute approximate surface area is 226 Å². The zero-order valence-corrected chi connectivity index (χ0v) is 22.2. The average molecular weight is 542 g/mol. The van der Waals surface area contributed by atoms with E-state index in [2.05, 4.69) is 5.43 Å². The maximum Gasteiger partial charge on any atom is 0.266 e. The maximum atomic E-state index is 13.9. The molecule has 0 fully saturated rings. The van der Waals surface area contributed by atoms with Crippen LogP contribution in [0.5, 0.6) is 5.75 Å². The van der Waals surface area contributed by atoms with Crippen LogP contribution in [-0.4, -0.2) is 54.8 Å². The Hall–Kier alpha value is -3.10. The number of carbonyl (C=O) groups is 1. The number of carbonyl (C=O) groups excluding carboxylic acids is 1. The summed E-state index contributed by atoms with van der Waals surface area (Å²) in [5.41, 5.74) is 3.76. The molecule has 0 bridgehead atoms. The molecule has 4 rings (SSSR count). The van der Waals surface area contributed by atoms with Crippen molar-refractivity contribution in [3.05, 3.63) is 99.5 Å². The summed E-state index contributed by atoms with van der Waals surface area (Å²) >= 11 is 12.8. The molecule has 0 aromatic heterocycles. The molecule has 0 spiro atoms. The number of aliphatic hydroxyl groups is 1. The minimum Gasteiger partial charge on any atom is -0.494 e. The molecule has 9 heteroatoms. The molecule has 0 aliphatic carbocycles. The summed E-state index contributed by atoms with van der Waals surface area (Å²) in [5, 5.41) is 11.4. The Balaban J connectivity index is 1.79. The predicted molar refractivity (Wildman–Crippen MR) is 145 cm³/mol. The van der Waals surface area contributed by atoms with E-state index < -0.39 is 11.6 Å². The number of aliphatic hydroxyl groups excluding tert-OH is 1. The van der Waals surface area contributed by atoms with Crippen LogP contribution in [0.3, 0.4) is 0 Å². The average Bonchev–Trinajstić information content (AvgIpc) is 3.25. The second-order valence-corrected chi connectivity index (χ2v) is 9.80. The first-order valence-corrected chi connectivity index (χ1v) is 12.7. The lowest BCUT2D eigenvalue weighted by molar-refractivity contribution is -0.132. The third-order valence-corrected chi connectivity index (χ3v) is 6.48. The van der Waals surface area contributed by atoms with Gasteiger partial charge in [-0.3, -0.25) is 10.2 Å². The zero-order chi connectivity index (χ0) is 26.4. The van der Waals surface area contributed by atoms with Crippen LogP contribution in [0.25, 0.3) is 0 Å². The third kappa shape index (κ3) is 6.25. The van der Waals surface area contributed by atoms with Gasteiger partial charge in [-0.1, -0.05) is 59.6 Å². The van der Waals surface area contributed by atoms with Gasteiger partial charge in [-0.2, -0.15) is 0 Å². The fourth-order valence-electron chi connectivity index (χ4n) is 4.18. The second-order valence-electron chi connectivity index (χ2n) is 8.95. The van der Waals surface area contributed by atoms with Gasteiger partial charge in [0.1, 0.15) is 5.75 Å². The molecule has 2 atom stereocenters. The number of ether oxygens (including phenoxy) is 2. The van der Waals surface area contributed by atoms with Crippen molar-refractivity contribution < 1.29 is 19.4 Å². The molecule has 0 radical (unpaired) electrons. The number of benzene rings is 3. The lowest BCUT2D eigenvalue weighted by Gasteiger charge is -2.32. The van der Waals surface area contributed by atoms with Gasteiger partial charge in [-0.25, -0.2) is 10.0 Å². The van der Waals surface area contributed by atoms with E-state index in [1.807, 2.05) is 42.5 Å². The first-order valence-electron chi connectivity index (χ1n) is 11.9. The smallest absolute Gasteiger partial charge is 0.266 e. The highest BCUT2D eigenvalue weighted by molar-refractivity contribution is 6.35. The lowest BCUT2D eigenvalue weighted by atomic mass is 9.82. The highest BCUT2D eigenvalue weighted by Crippen LogP contribution is 2.45. The number of nitrogens with zero attached hydrogens (tertiary/aromatic N) is 2. The van der Waals surface area contributed by atoms with Gasteiger partial charge < -0.3 is 14.6 Å². The fourth-order valence-corrected chi connectivity index (χ4v) is 4.69. The van der Waals surface area contributed by atoms with Gasteiger partial charge in [-0.15, -0.1) is 0 Å². The Bertz CT molecular complexity index is 1250. The number of hydrogen-bond donors (Lipinski definition) is 2. The number of amides is 1. The van der Waals surface area contributed by atoms with Crippen LogP contribution >= 0.6 is 23.2 Å². The van der Waals surface area contributed by atoms with E-state index in [0.717, 1.165) is 5.56 Å². The minimum absolute atomic E-state index is 0.0654. The lowest BCUT2D eigenvalue weighted by Crippen LogP contribution is -2.53. The molecule has 0 saturated carbocycles. The summed E-state index contributed by atoms with van der Waals surface area (Å²) in [6.45, 7) is 0.477. The molecule has 0 unspecified atom stereocenters. The summed E-state index contributed by atoms with van der Waals surface area (Å²) in [5.74, 6) is 0.660. The molecule has 194 valence electrons. The highest BCUT2D eigenvalue weighted by Gasteiger charge is 2.54. The van der Waals surface area contributed by atoms with Crippen LogP contribution < -0.4 is 10.2 Å². The SMILES string of the molecule is CN(C)NC(=O)[C@@]1(Cc2ccccc2)N=C(c2ccc(OCCCO)cc2)O[C@H]1c1ccc(Cl)cc1Cl. The molecule has 1 aliphatic heterocycles. The highest BCUT2D eigenvalue weighted by atomic mass is 35.5. The largest absolute Gasteiger partial charge is 0.494 e. The van der Waals surface area contributed by atoms with Gasteiger partial charge in [0.25, 0.3) is 5.91 Å². The van der Waals surface area contributed by atoms with Crippen molar-refractivity contribution in [3.8, 4) is 5.75 Å². The minimum atomic E-state index is -1.35. The molecule has 1 heterocycles. The van der Waals surface area contributed by atoms with Gasteiger partial charge >= 0.3 is 0 Å². The summed E-state index contributed by atoms with van der Waals surface area (Å²) in [6.07, 6.45) is 0.0143. The van der Waals surface area contributed by atoms with Gasteiger partial charge in [0.05, 0.1) is 6.61 Å². The summed E-state index contributed by atoms with van der Waals surface area (Å²) < 4.78 is 12.1. The molecule has 3 aromatic rings. The fraction of sp³-hybridized carbons (Fsp3) is 0.286. The Morgan fingerprint density at radius 2 is 1.84 bits per heavy atom.